The molecule has 2 nitrogen and oxygen atoms in total. The fourth-order valence-corrected chi connectivity index (χ4v) is 2.10. The van der Waals surface area contributed by atoms with Crippen molar-refractivity contribution in [2.24, 2.45) is 11.8 Å². The largest absolute Gasteiger partial charge is 0.354 e. The normalized spacial score (nSPS) is 28.9. The Bertz CT molecular complexity index is 177. The monoisotopic (exact) mass is 183 g/mol. The molecule has 0 saturated heterocycles. The smallest absolute Gasteiger partial charge is 0.223 e. The van der Waals surface area contributed by atoms with Gasteiger partial charge in [0, 0.05) is 12.0 Å². The molecule has 2 atom stereocenters. The van der Waals surface area contributed by atoms with E-state index in [2.05, 4.69) is 12.2 Å². The molecule has 0 aromatic carbocycles. The minimum atomic E-state index is 0.266. The maximum Gasteiger partial charge on any atom is 0.223 e. The van der Waals surface area contributed by atoms with Crippen LogP contribution in [-0.2, 0) is 4.79 Å². The highest BCUT2D eigenvalue weighted by Crippen LogP contribution is 2.29. The van der Waals surface area contributed by atoms with Crippen molar-refractivity contribution in [2.45, 2.75) is 52.5 Å². The highest BCUT2D eigenvalue weighted by Gasteiger charge is 2.27. The summed E-state index contributed by atoms with van der Waals surface area (Å²) in [6.07, 6.45) is 4.82. The van der Waals surface area contributed by atoms with Gasteiger partial charge in [-0.05, 0) is 32.6 Å². The van der Waals surface area contributed by atoms with Crippen LogP contribution >= 0.6 is 0 Å². The van der Waals surface area contributed by atoms with Crippen molar-refractivity contribution in [3.63, 3.8) is 0 Å². The summed E-state index contributed by atoms with van der Waals surface area (Å²) in [6, 6.07) is 0.279. The molecule has 1 saturated carbocycles. The van der Waals surface area contributed by atoms with Crippen LogP contribution in [0.15, 0.2) is 0 Å². The Balaban J connectivity index is 2.44. The predicted molar refractivity (Wildman–Crippen MR) is 54.4 cm³/mol. The summed E-state index contributed by atoms with van der Waals surface area (Å²) in [6.45, 7) is 6.24. The van der Waals surface area contributed by atoms with E-state index in [0.29, 0.717) is 5.92 Å². The van der Waals surface area contributed by atoms with E-state index in [9.17, 15) is 4.79 Å². The lowest BCUT2D eigenvalue weighted by Gasteiger charge is -2.28. The molecule has 0 radical (unpaired) electrons. The lowest BCUT2D eigenvalue weighted by atomic mass is 9.80. The van der Waals surface area contributed by atoms with E-state index in [1.54, 1.807) is 0 Å². The summed E-state index contributed by atoms with van der Waals surface area (Å²) >= 11 is 0. The van der Waals surface area contributed by atoms with E-state index in [0.717, 1.165) is 6.42 Å². The summed E-state index contributed by atoms with van der Waals surface area (Å²) in [4.78, 5) is 11.7. The molecule has 1 aliphatic carbocycles. The van der Waals surface area contributed by atoms with E-state index in [4.69, 9.17) is 0 Å². The molecule has 0 aromatic heterocycles. The standard InChI is InChI=1S/C11H21NO/c1-8(2)12-11(13)10-7-5-4-6-9(10)3/h8-10H,4-7H2,1-3H3,(H,12,13). The Labute approximate surface area is 81.1 Å². The van der Waals surface area contributed by atoms with Crippen LogP contribution in [0, 0.1) is 11.8 Å². The number of carbonyl (C=O) groups is 1. The van der Waals surface area contributed by atoms with Crippen LogP contribution in [-0.4, -0.2) is 11.9 Å². The Morgan fingerprint density at radius 2 is 1.92 bits per heavy atom. The number of nitrogens with one attached hydrogen (secondary N) is 1. The van der Waals surface area contributed by atoms with E-state index in [1.165, 1.54) is 19.3 Å². The van der Waals surface area contributed by atoms with Gasteiger partial charge >= 0.3 is 0 Å². The molecule has 1 rings (SSSR count). The molecule has 1 aliphatic rings. The molecule has 0 heterocycles. The van der Waals surface area contributed by atoms with Crippen LogP contribution in [0.2, 0.25) is 0 Å². The average molecular weight is 183 g/mol. The van der Waals surface area contributed by atoms with Gasteiger partial charge in [0.25, 0.3) is 0 Å². The Morgan fingerprint density at radius 3 is 2.46 bits per heavy atom. The zero-order chi connectivity index (χ0) is 9.84. The van der Waals surface area contributed by atoms with Crippen molar-refractivity contribution in [3.05, 3.63) is 0 Å². The summed E-state index contributed by atoms with van der Waals surface area (Å²) in [7, 11) is 0. The highest BCUT2D eigenvalue weighted by atomic mass is 16.1. The minimum absolute atomic E-state index is 0.266. The van der Waals surface area contributed by atoms with Gasteiger partial charge in [0.05, 0.1) is 0 Å². The van der Waals surface area contributed by atoms with Crippen LogP contribution in [0.4, 0.5) is 0 Å². The van der Waals surface area contributed by atoms with Crippen LogP contribution in [0.5, 0.6) is 0 Å². The van der Waals surface area contributed by atoms with Gasteiger partial charge in [0.2, 0.25) is 5.91 Å². The first-order chi connectivity index (χ1) is 6.11. The second-order valence-electron chi connectivity index (χ2n) is 4.53. The average Bonchev–Trinajstić information content (AvgIpc) is 2.03. The van der Waals surface area contributed by atoms with Crippen molar-refractivity contribution in [3.8, 4) is 0 Å². The molecule has 13 heavy (non-hydrogen) atoms. The predicted octanol–water partition coefficient (Wildman–Crippen LogP) is 2.34. The van der Waals surface area contributed by atoms with E-state index < -0.39 is 0 Å². The number of carbonyl (C=O) groups excluding carboxylic acids is 1. The molecule has 76 valence electrons. The fourth-order valence-electron chi connectivity index (χ4n) is 2.10. The SMILES string of the molecule is CC(C)NC(=O)C1CCCCC1C. The zero-order valence-electron chi connectivity index (χ0n) is 8.97. The zero-order valence-corrected chi connectivity index (χ0v) is 8.97. The second-order valence-corrected chi connectivity index (χ2v) is 4.53. The van der Waals surface area contributed by atoms with Crippen LogP contribution in [0.1, 0.15) is 46.5 Å². The summed E-state index contributed by atoms with van der Waals surface area (Å²) in [5.74, 6) is 1.12. The fraction of sp³-hybridized carbons (Fsp3) is 0.909. The number of rotatable bonds is 2. The number of hydrogen-bond acceptors (Lipinski definition) is 1. The molecule has 0 bridgehead atoms. The molecule has 2 heteroatoms. The van der Waals surface area contributed by atoms with Crippen molar-refractivity contribution < 1.29 is 4.79 Å². The summed E-state index contributed by atoms with van der Waals surface area (Å²) in [5.41, 5.74) is 0. The molecule has 0 aliphatic heterocycles. The maximum atomic E-state index is 11.7. The molecular weight excluding hydrogens is 162 g/mol. The van der Waals surface area contributed by atoms with Crippen LogP contribution < -0.4 is 5.32 Å². The Morgan fingerprint density at radius 1 is 1.31 bits per heavy atom. The van der Waals surface area contributed by atoms with Crippen molar-refractivity contribution in [1.29, 1.82) is 0 Å². The molecule has 1 amide bonds. The van der Waals surface area contributed by atoms with E-state index in [1.807, 2.05) is 13.8 Å². The third kappa shape index (κ3) is 3.02. The second kappa shape index (κ2) is 4.64. The van der Waals surface area contributed by atoms with Gasteiger partial charge in [0.15, 0.2) is 0 Å². The van der Waals surface area contributed by atoms with Gasteiger partial charge in [-0.1, -0.05) is 19.8 Å². The van der Waals surface area contributed by atoms with Gasteiger partial charge in [0.1, 0.15) is 0 Å². The molecule has 1 N–H and O–H groups in total. The molecular formula is C11H21NO. The van der Waals surface area contributed by atoms with Crippen molar-refractivity contribution in [2.75, 3.05) is 0 Å². The van der Waals surface area contributed by atoms with Gasteiger partial charge < -0.3 is 5.32 Å². The number of hydrogen-bond donors (Lipinski definition) is 1. The minimum Gasteiger partial charge on any atom is -0.354 e. The van der Waals surface area contributed by atoms with Crippen molar-refractivity contribution >= 4 is 5.91 Å². The quantitative estimate of drug-likeness (QED) is 0.699. The molecule has 0 spiro atoms. The van der Waals surface area contributed by atoms with E-state index >= 15 is 0 Å². The van der Waals surface area contributed by atoms with Crippen LogP contribution in [0.3, 0.4) is 0 Å². The first-order valence-corrected chi connectivity index (χ1v) is 5.41. The number of amides is 1. The molecule has 2 unspecified atom stereocenters. The van der Waals surface area contributed by atoms with Gasteiger partial charge in [-0.25, -0.2) is 0 Å². The van der Waals surface area contributed by atoms with Gasteiger partial charge in [-0.3, -0.25) is 4.79 Å². The third-order valence-electron chi connectivity index (χ3n) is 2.88. The summed E-state index contributed by atoms with van der Waals surface area (Å²) in [5, 5.41) is 3.00. The summed E-state index contributed by atoms with van der Waals surface area (Å²) < 4.78 is 0. The highest BCUT2D eigenvalue weighted by molar-refractivity contribution is 5.79. The first-order valence-electron chi connectivity index (χ1n) is 5.41. The maximum absolute atomic E-state index is 11.7. The molecule has 0 aromatic rings. The molecule has 1 fully saturated rings. The topological polar surface area (TPSA) is 29.1 Å². The Hall–Kier alpha value is -0.530. The lowest BCUT2D eigenvalue weighted by Crippen LogP contribution is -2.39. The van der Waals surface area contributed by atoms with Gasteiger partial charge in [-0.2, -0.15) is 0 Å². The van der Waals surface area contributed by atoms with Crippen molar-refractivity contribution in [1.82, 2.24) is 5.32 Å². The van der Waals surface area contributed by atoms with E-state index in [-0.39, 0.29) is 17.9 Å². The lowest BCUT2D eigenvalue weighted by molar-refractivity contribution is -0.128. The van der Waals surface area contributed by atoms with Gasteiger partial charge in [-0.15, -0.1) is 0 Å². The van der Waals surface area contributed by atoms with Crippen LogP contribution in [0.25, 0.3) is 0 Å². The third-order valence-corrected chi connectivity index (χ3v) is 2.88. The first kappa shape index (κ1) is 10.6. The Kier molecular flexibility index (Phi) is 3.76.